The third-order valence-electron chi connectivity index (χ3n) is 4.96. The zero-order valence-corrected chi connectivity index (χ0v) is 15.8. The second-order valence-corrected chi connectivity index (χ2v) is 6.69. The SMILES string of the molecule is CCc1cccc(NC(=O)CN2C(=O)NC(CC)(c3ccc(F)cc3)C2=O)c1. The quantitative estimate of drug-likeness (QED) is 0.752. The van der Waals surface area contributed by atoms with Crippen LogP contribution in [0.25, 0.3) is 0 Å². The molecule has 1 aliphatic rings. The maximum Gasteiger partial charge on any atom is 0.325 e. The number of nitrogens with one attached hydrogen (secondary N) is 2. The Morgan fingerprint density at radius 2 is 1.86 bits per heavy atom. The van der Waals surface area contributed by atoms with Gasteiger partial charge in [0.25, 0.3) is 5.91 Å². The van der Waals surface area contributed by atoms with Gasteiger partial charge in [0.05, 0.1) is 0 Å². The van der Waals surface area contributed by atoms with Gasteiger partial charge in [0.1, 0.15) is 17.9 Å². The number of anilines is 1. The maximum atomic E-state index is 13.3. The fourth-order valence-corrected chi connectivity index (χ4v) is 3.36. The van der Waals surface area contributed by atoms with Crippen LogP contribution in [0.15, 0.2) is 48.5 Å². The Kier molecular flexibility index (Phi) is 5.44. The Morgan fingerprint density at radius 3 is 2.50 bits per heavy atom. The molecular weight excluding hydrogens is 361 g/mol. The summed E-state index contributed by atoms with van der Waals surface area (Å²) < 4.78 is 13.3. The van der Waals surface area contributed by atoms with Crippen molar-refractivity contribution in [1.82, 2.24) is 10.2 Å². The highest BCUT2D eigenvalue weighted by molar-refractivity contribution is 6.10. The van der Waals surface area contributed by atoms with E-state index in [-0.39, 0.29) is 6.42 Å². The summed E-state index contributed by atoms with van der Waals surface area (Å²) in [6.07, 6.45) is 1.10. The largest absolute Gasteiger partial charge is 0.325 e. The molecule has 28 heavy (non-hydrogen) atoms. The van der Waals surface area contributed by atoms with Gasteiger partial charge in [-0.25, -0.2) is 9.18 Å². The molecule has 6 nitrogen and oxygen atoms in total. The first-order valence-corrected chi connectivity index (χ1v) is 9.18. The second-order valence-electron chi connectivity index (χ2n) is 6.69. The first-order valence-electron chi connectivity index (χ1n) is 9.18. The smallest absolute Gasteiger partial charge is 0.325 e. The first kappa shape index (κ1) is 19.5. The summed E-state index contributed by atoms with van der Waals surface area (Å²) in [4.78, 5) is 38.7. The van der Waals surface area contributed by atoms with Gasteiger partial charge in [0.2, 0.25) is 5.91 Å². The minimum Gasteiger partial charge on any atom is -0.325 e. The van der Waals surface area contributed by atoms with Crippen molar-refractivity contribution in [1.29, 1.82) is 0 Å². The molecule has 0 saturated carbocycles. The number of rotatable bonds is 6. The Hall–Kier alpha value is -3.22. The number of nitrogens with zero attached hydrogens (tertiary/aromatic N) is 1. The van der Waals surface area contributed by atoms with Crippen molar-refractivity contribution in [2.75, 3.05) is 11.9 Å². The number of amides is 4. The van der Waals surface area contributed by atoms with E-state index in [0.717, 1.165) is 16.9 Å². The van der Waals surface area contributed by atoms with E-state index in [1.807, 2.05) is 25.1 Å². The van der Waals surface area contributed by atoms with Gasteiger partial charge in [-0.3, -0.25) is 14.5 Å². The Bertz CT molecular complexity index is 913. The number of benzene rings is 2. The molecule has 146 valence electrons. The monoisotopic (exact) mass is 383 g/mol. The molecule has 0 aliphatic carbocycles. The predicted molar refractivity (Wildman–Crippen MR) is 103 cm³/mol. The predicted octanol–water partition coefficient (Wildman–Crippen LogP) is 3.18. The van der Waals surface area contributed by atoms with Crippen molar-refractivity contribution in [2.45, 2.75) is 32.2 Å². The molecule has 0 bridgehead atoms. The van der Waals surface area contributed by atoms with E-state index in [2.05, 4.69) is 10.6 Å². The number of hydrogen-bond donors (Lipinski definition) is 2. The molecule has 1 fully saturated rings. The van der Waals surface area contributed by atoms with Crippen LogP contribution >= 0.6 is 0 Å². The van der Waals surface area contributed by atoms with E-state index >= 15 is 0 Å². The molecule has 0 radical (unpaired) electrons. The Balaban J connectivity index is 1.77. The van der Waals surface area contributed by atoms with Crippen molar-refractivity contribution in [2.24, 2.45) is 0 Å². The highest BCUT2D eigenvalue weighted by atomic mass is 19.1. The molecule has 2 N–H and O–H groups in total. The maximum absolute atomic E-state index is 13.3. The second kappa shape index (κ2) is 7.80. The zero-order valence-electron chi connectivity index (χ0n) is 15.8. The van der Waals surface area contributed by atoms with Crippen LogP contribution in [0.3, 0.4) is 0 Å². The lowest BCUT2D eigenvalue weighted by Gasteiger charge is -2.25. The fourth-order valence-electron chi connectivity index (χ4n) is 3.36. The highest BCUT2D eigenvalue weighted by Gasteiger charge is 2.51. The lowest BCUT2D eigenvalue weighted by molar-refractivity contribution is -0.134. The van der Waals surface area contributed by atoms with Gasteiger partial charge in [-0.15, -0.1) is 0 Å². The molecule has 7 heteroatoms. The summed E-state index contributed by atoms with van der Waals surface area (Å²) in [6.45, 7) is 3.36. The molecule has 1 atom stereocenters. The van der Waals surface area contributed by atoms with Gasteiger partial charge in [-0.05, 0) is 48.2 Å². The average Bonchev–Trinajstić information content (AvgIpc) is 2.93. The van der Waals surface area contributed by atoms with Crippen LogP contribution in [0.1, 0.15) is 31.4 Å². The van der Waals surface area contributed by atoms with Crippen LogP contribution in [0, 0.1) is 5.82 Å². The van der Waals surface area contributed by atoms with Gasteiger partial charge in [0.15, 0.2) is 0 Å². The molecule has 0 spiro atoms. The number of hydrogen-bond acceptors (Lipinski definition) is 3. The van der Waals surface area contributed by atoms with Crippen molar-refractivity contribution in [3.8, 4) is 0 Å². The number of carbonyl (C=O) groups is 3. The van der Waals surface area contributed by atoms with Gasteiger partial charge in [0, 0.05) is 5.69 Å². The van der Waals surface area contributed by atoms with Crippen LogP contribution in [-0.4, -0.2) is 29.3 Å². The fraction of sp³-hybridized carbons (Fsp3) is 0.286. The van der Waals surface area contributed by atoms with E-state index in [0.29, 0.717) is 11.3 Å². The zero-order chi connectivity index (χ0) is 20.3. The van der Waals surface area contributed by atoms with Crippen LogP contribution in [0.2, 0.25) is 0 Å². The molecule has 2 aromatic rings. The minimum atomic E-state index is -1.30. The molecule has 1 heterocycles. The third-order valence-corrected chi connectivity index (χ3v) is 4.96. The van der Waals surface area contributed by atoms with E-state index in [4.69, 9.17) is 0 Å². The van der Waals surface area contributed by atoms with Crippen LogP contribution in [0.4, 0.5) is 14.9 Å². The van der Waals surface area contributed by atoms with Gasteiger partial charge in [-0.2, -0.15) is 0 Å². The van der Waals surface area contributed by atoms with Crippen molar-refractivity contribution < 1.29 is 18.8 Å². The van der Waals surface area contributed by atoms with Crippen molar-refractivity contribution in [3.63, 3.8) is 0 Å². The van der Waals surface area contributed by atoms with Crippen molar-refractivity contribution >= 4 is 23.5 Å². The number of halogens is 1. The number of urea groups is 1. The summed E-state index contributed by atoms with van der Waals surface area (Å²) in [5.41, 5.74) is 0.854. The summed E-state index contributed by atoms with van der Waals surface area (Å²) in [6, 6.07) is 12.1. The molecule has 1 saturated heterocycles. The minimum absolute atomic E-state index is 0.278. The van der Waals surface area contributed by atoms with E-state index in [1.165, 1.54) is 24.3 Å². The number of aryl methyl sites for hydroxylation is 1. The molecule has 1 aliphatic heterocycles. The molecule has 2 aromatic carbocycles. The number of carbonyl (C=O) groups excluding carboxylic acids is 3. The van der Waals surface area contributed by atoms with E-state index in [9.17, 15) is 18.8 Å². The highest BCUT2D eigenvalue weighted by Crippen LogP contribution is 2.32. The molecule has 1 unspecified atom stereocenters. The summed E-state index contributed by atoms with van der Waals surface area (Å²) in [7, 11) is 0. The Labute approximate surface area is 162 Å². The lowest BCUT2D eigenvalue weighted by atomic mass is 9.87. The van der Waals surface area contributed by atoms with E-state index in [1.54, 1.807) is 13.0 Å². The summed E-state index contributed by atoms with van der Waals surface area (Å²) in [5, 5.41) is 5.39. The van der Waals surface area contributed by atoms with Crippen molar-refractivity contribution in [3.05, 3.63) is 65.5 Å². The lowest BCUT2D eigenvalue weighted by Crippen LogP contribution is -2.44. The Morgan fingerprint density at radius 1 is 1.14 bits per heavy atom. The van der Waals surface area contributed by atoms with Gasteiger partial charge < -0.3 is 10.6 Å². The van der Waals surface area contributed by atoms with E-state index < -0.39 is 35.7 Å². The molecule has 0 aromatic heterocycles. The first-order chi connectivity index (χ1) is 13.4. The van der Waals surface area contributed by atoms with Crippen LogP contribution in [0.5, 0.6) is 0 Å². The number of imide groups is 1. The topological polar surface area (TPSA) is 78.5 Å². The van der Waals surface area contributed by atoms with Gasteiger partial charge >= 0.3 is 6.03 Å². The molecule has 4 amide bonds. The third kappa shape index (κ3) is 3.60. The van der Waals surface area contributed by atoms with Gasteiger partial charge in [-0.1, -0.05) is 38.1 Å². The summed E-state index contributed by atoms with van der Waals surface area (Å²) in [5.74, 6) is -1.43. The normalized spacial score (nSPS) is 18.9. The standard InChI is InChI=1S/C21H22FN3O3/c1-3-14-6-5-7-17(12-14)23-18(26)13-25-19(27)21(4-2,24-20(25)28)15-8-10-16(22)11-9-15/h5-12H,3-4,13H2,1-2H3,(H,23,26)(H,24,28). The van der Waals surface area contributed by atoms with Crippen LogP contribution in [-0.2, 0) is 21.5 Å². The van der Waals surface area contributed by atoms with Crippen LogP contribution < -0.4 is 10.6 Å². The molecule has 3 rings (SSSR count). The average molecular weight is 383 g/mol. The molecular formula is C21H22FN3O3. The summed E-state index contributed by atoms with van der Waals surface area (Å²) >= 11 is 0.